The van der Waals surface area contributed by atoms with Crippen LogP contribution in [0, 0.1) is 0 Å². The van der Waals surface area contributed by atoms with Crippen molar-refractivity contribution in [1.82, 2.24) is 5.32 Å². The highest BCUT2D eigenvalue weighted by atomic mass is 16.5. The largest absolute Gasteiger partial charge is 0.491 e. The third-order valence-corrected chi connectivity index (χ3v) is 2.61. The van der Waals surface area contributed by atoms with Crippen LogP contribution in [0.15, 0.2) is 18.2 Å². The topological polar surface area (TPSA) is 56.5 Å². The lowest BCUT2D eigenvalue weighted by molar-refractivity contribution is 0.199. The maximum atomic E-state index is 5.95. The van der Waals surface area contributed by atoms with E-state index in [1.807, 2.05) is 12.1 Å². The van der Waals surface area contributed by atoms with Crippen LogP contribution in [0.5, 0.6) is 5.75 Å². The van der Waals surface area contributed by atoms with Gasteiger partial charge in [-0.25, -0.2) is 0 Å². The summed E-state index contributed by atoms with van der Waals surface area (Å²) in [6.45, 7) is 5.34. The minimum Gasteiger partial charge on any atom is -0.491 e. The van der Waals surface area contributed by atoms with Crippen molar-refractivity contribution in [3.8, 4) is 5.75 Å². The standard InChI is InChI=1S/C14H24N2O2/c1-3-9-18-14-5-4-12(11-13(14)15)6-7-16-8-10-17-2/h4-5,11,16H,3,6-10,15H2,1-2H3. The molecule has 0 amide bonds. The fourth-order valence-corrected chi connectivity index (χ4v) is 1.63. The van der Waals surface area contributed by atoms with E-state index in [2.05, 4.69) is 18.3 Å². The fraction of sp³-hybridized carbons (Fsp3) is 0.571. The maximum absolute atomic E-state index is 5.95. The van der Waals surface area contributed by atoms with Gasteiger partial charge in [0.15, 0.2) is 0 Å². The SMILES string of the molecule is CCCOc1ccc(CCNCCOC)cc1N. The number of nitrogens with one attached hydrogen (secondary N) is 1. The Balaban J connectivity index is 2.36. The number of rotatable bonds is 9. The highest BCUT2D eigenvalue weighted by Crippen LogP contribution is 2.22. The van der Waals surface area contributed by atoms with Crippen molar-refractivity contribution >= 4 is 5.69 Å². The predicted molar refractivity (Wildman–Crippen MR) is 75.1 cm³/mol. The van der Waals surface area contributed by atoms with Gasteiger partial charge in [0.2, 0.25) is 0 Å². The Kier molecular flexibility index (Phi) is 7.22. The molecule has 102 valence electrons. The van der Waals surface area contributed by atoms with Crippen LogP contribution in [0.2, 0.25) is 0 Å². The van der Waals surface area contributed by atoms with Crippen molar-refractivity contribution in [3.63, 3.8) is 0 Å². The quantitative estimate of drug-likeness (QED) is 0.520. The first kappa shape index (κ1) is 14.8. The van der Waals surface area contributed by atoms with Gasteiger partial charge >= 0.3 is 0 Å². The molecule has 1 aromatic rings. The third-order valence-electron chi connectivity index (χ3n) is 2.61. The lowest BCUT2D eigenvalue weighted by Gasteiger charge is -2.10. The Hall–Kier alpha value is -1.26. The molecule has 3 N–H and O–H groups in total. The molecule has 0 atom stereocenters. The molecule has 1 rings (SSSR count). The van der Waals surface area contributed by atoms with Crippen molar-refractivity contribution in [2.45, 2.75) is 19.8 Å². The number of nitrogen functional groups attached to an aromatic ring is 1. The number of anilines is 1. The molecule has 4 heteroatoms. The molecule has 0 bridgehead atoms. The number of ether oxygens (including phenoxy) is 2. The van der Waals surface area contributed by atoms with Gasteiger partial charge in [0.05, 0.1) is 18.9 Å². The molecular weight excluding hydrogens is 228 g/mol. The molecule has 0 aliphatic heterocycles. The number of methoxy groups -OCH3 is 1. The van der Waals surface area contributed by atoms with Crippen LogP contribution in [0.4, 0.5) is 5.69 Å². The summed E-state index contributed by atoms with van der Waals surface area (Å²) in [5, 5.41) is 3.31. The highest BCUT2D eigenvalue weighted by Gasteiger charge is 2.01. The molecule has 0 fully saturated rings. The van der Waals surface area contributed by atoms with Crippen LogP contribution in [0.25, 0.3) is 0 Å². The zero-order valence-corrected chi connectivity index (χ0v) is 11.4. The van der Waals surface area contributed by atoms with Crippen LogP contribution in [0.3, 0.4) is 0 Å². The second-order valence-corrected chi connectivity index (χ2v) is 4.21. The smallest absolute Gasteiger partial charge is 0.142 e. The van der Waals surface area contributed by atoms with Crippen LogP contribution in [0.1, 0.15) is 18.9 Å². The van der Waals surface area contributed by atoms with E-state index in [9.17, 15) is 0 Å². The van der Waals surface area contributed by atoms with Crippen molar-refractivity contribution < 1.29 is 9.47 Å². The molecule has 0 spiro atoms. The Morgan fingerprint density at radius 1 is 1.22 bits per heavy atom. The fourth-order valence-electron chi connectivity index (χ4n) is 1.63. The van der Waals surface area contributed by atoms with E-state index >= 15 is 0 Å². The molecule has 1 aromatic carbocycles. The normalized spacial score (nSPS) is 10.6. The van der Waals surface area contributed by atoms with E-state index in [0.717, 1.165) is 44.0 Å². The van der Waals surface area contributed by atoms with Crippen LogP contribution in [-0.2, 0) is 11.2 Å². The van der Waals surface area contributed by atoms with Crippen molar-refractivity contribution in [1.29, 1.82) is 0 Å². The second-order valence-electron chi connectivity index (χ2n) is 4.21. The van der Waals surface area contributed by atoms with Gasteiger partial charge in [0.25, 0.3) is 0 Å². The van der Waals surface area contributed by atoms with Gasteiger partial charge < -0.3 is 20.5 Å². The van der Waals surface area contributed by atoms with Gasteiger partial charge in [-0.1, -0.05) is 13.0 Å². The molecule has 0 aliphatic carbocycles. The molecule has 0 aromatic heterocycles. The summed E-state index contributed by atoms with van der Waals surface area (Å²) in [6.07, 6.45) is 1.95. The van der Waals surface area contributed by atoms with Gasteiger partial charge in [-0.15, -0.1) is 0 Å². The first-order valence-corrected chi connectivity index (χ1v) is 6.48. The Morgan fingerprint density at radius 2 is 2.06 bits per heavy atom. The molecule has 0 saturated carbocycles. The van der Waals surface area contributed by atoms with Gasteiger partial charge in [0, 0.05) is 13.7 Å². The molecule has 0 aliphatic rings. The molecule has 0 radical (unpaired) electrons. The van der Waals surface area contributed by atoms with Gasteiger partial charge in [-0.05, 0) is 37.1 Å². The van der Waals surface area contributed by atoms with Crippen molar-refractivity contribution in [2.24, 2.45) is 0 Å². The molecule has 0 saturated heterocycles. The van der Waals surface area contributed by atoms with Crippen molar-refractivity contribution in [3.05, 3.63) is 23.8 Å². The monoisotopic (exact) mass is 252 g/mol. The van der Waals surface area contributed by atoms with E-state index < -0.39 is 0 Å². The summed E-state index contributed by atoms with van der Waals surface area (Å²) in [5.41, 5.74) is 7.89. The van der Waals surface area contributed by atoms with Gasteiger partial charge in [-0.2, -0.15) is 0 Å². The predicted octanol–water partition coefficient (Wildman–Crippen LogP) is 1.84. The minimum absolute atomic E-state index is 0.710. The Morgan fingerprint density at radius 3 is 2.72 bits per heavy atom. The van der Waals surface area contributed by atoms with Crippen molar-refractivity contribution in [2.75, 3.05) is 39.1 Å². The van der Waals surface area contributed by atoms with E-state index in [-0.39, 0.29) is 0 Å². The minimum atomic E-state index is 0.710. The third kappa shape index (κ3) is 5.38. The average molecular weight is 252 g/mol. The Labute approximate surface area is 109 Å². The number of benzene rings is 1. The molecule has 0 unspecified atom stereocenters. The lowest BCUT2D eigenvalue weighted by Crippen LogP contribution is -2.21. The van der Waals surface area contributed by atoms with E-state index in [1.54, 1.807) is 7.11 Å². The highest BCUT2D eigenvalue weighted by molar-refractivity contribution is 5.54. The van der Waals surface area contributed by atoms with Crippen LogP contribution < -0.4 is 15.8 Å². The van der Waals surface area contributed by atoms with Gasteiger partial charge in [0.1, 0.15) is 5.75 Å². The van der Waals surface area contributed by atoms with Crippen LogP contribution in [-0.4, -0.2) is 33.4 Å². The summed E-state index contributed by atoms with van der Waals surface area (Å²) >= 11 is 0. The molecule has 18 heavy (non-hydrogen) atoms. The molecule has 4 nitrogen and oxygen atoms in total. The van der Waals surface area contributed by atoms with Crippen LogP contribution >= 0.6 is 0 Å². The Bertz CT molecular complexity index is 343. The summed E-state index contributed by atoms with van der Waals surface area (Å²) in [5.74, 6) is 0.785. The number of nitrogens with two attached hydrogens (primary N) is 1. The number of hydrogen-bond acceptors (Lipinski definition) is 4. The van der Waals surface area contributed by atoms with E-state index in [1.165, 1.54) is 5.56 Å². The average Bonchev–Trinajstić information content (AvgIpc) is 2.37. The first-order valence-electron chi connectivity index (χ1n) is 6.48. The summed E-state index contributed by atoms with van der Waals surface area (Å²) in [4.78, 5) is 0. The summed E-state index contributed by atoms with van der Waals surface area (Å²) in [6, 6.07) is 6.01. The molecule has 0 heterocycles. The first-order chi connectivity index (χ1) is 8.77. The van der Waals surface area contributed by atoms with E-state index in [4.69, 9.17) is 15.2 Å². The van der Waals surface area contributed by atoms with E-state index in [0.29, 0.717) is 6.61 Å². The number of hydrogen-bond donors (Lipinski definition) is 2. The summed E-state index contributed by atoms with van der Waals surface area (Å²) in [7, 11) is 1.71. The van der Waals surface area contributed by atoms with Gasteiger partial charge in [-0.3, -0.25) is 0 Å². The lowest BCUT2D eigenvalue weighted by atomic mass is 10.1. The zero-order valence-electron chi connectivity index (χ0n) is 11.4. The molecular formula is C14H24N2O2. The summed E-state index contributed by atoms with van der Waals surface area (Å²) < 4.78 is 10.5. The maximum Gasteiger partial charge on any atom is 0.142 e. The second kappa shape index (κ2) is 8.78. The zero-order chi connectivity index (χ0) is 13.2.